The van der Waals surface area contributed by atoms with Gasteiger partial charge in [-0.15, -0.1) is 0 Å². The van der Waals surface area contributed by atoms with Gasteiger partial charge in [0.15, 0.2) is 0 Å². The number of aromatic amines is 1. The maximum atomic E-state index is 12.7. The Morgan fingerprint density at radius 1 is 1.28 bits per heavy atom. The summed E-state index contributed by atoms with van der Waals surface area (Å²) in [6.45, 7) is 4.04. The minimum Gasteiger partial charge on any atom is -0.326 e. The molecule has 1 atom stereocenters. The third-order valence-electron chi connectivity index (χ3n) is 5.03. The Balaban J connectivity index is 1.50. The van der Waals surface area contributed by atoms with Crippen molar-refractivity contribution in [2.75, 3.05) is 5.32 Å². The molecule has 4 rings (SSSR count). The maximum Gasteiger partial charge on any atom is 0.232 e. The number of H-pyrrole nitrogens is 1. The van der Waals surface area contributed by atoms with Crippen LogP contribution in [0.1, 0.15) is 41.4 Å². The van der Waals surface area contributed by atoms with E-state index in [4.69, 9.17) is 0 Å². The van der Waals surface area contributed by atoms with Gasteiger partial charge >= 0.3 is 0 Å². The van der Waals surface area contributed by atoms with Crippen LogP contribution in [0.4, 0.5) is 5.69 Å². The van der Waals surface area contributed by atoms with Crippen LogP contribution in [0.25, 0.3) is 5.69 Å². The van der Waals surface area contributed by atoms with Crippen molar-refractivity contribution >= 4 is 11.6 Å². The molecule has 2 aromatic heterocycles. The molecular formula is C19H21N5O. The second-order valence-corrected chi connectivity index (χ2v) is 6.57. The Morgan fingerprint density at radius 2 is 2.08 bits per heavy atom. The van der Waals surface area contributed by atoms with Gasteiger partial charge in [-0.25, -0.2) is 4.98 Å². The molecule has 128 valence electrons. The minimum absolute atomic E-state index is 0.0322. The summed E-state index contributed by atoms with van der Waals surface area (Å²) in [7, 11) is 0. The topological polar surface area (TPSA) is 75.6 Å². The molecule has 25 heavy (non-hydrogen) atoms. The van der Waals surface area contributed by atoms with Crippen molar-refractivity contribution in [2.45, 2.75) is 39.0 Å². The molecule has 0 spiro atoms. The first-order valence-corrected chi connectivity index (χ1v) is 8.57. The van der Waals surface area contributed by atoms with E-state index in [-0.39, 0.29) is 11.8 Å². The van der Waals surface area contributed by atoms with Gasteiger partial charge < -0.3 is 9.88 Å². The Labute approximate surface area is 146 Å². The molecule has 3 aromatic rings. The molecule has 1 aliphatic rings. The number of fused-ring (bicyclic) bond motifs is 1. The highest BCUT2D eigenvalue weighted by Crippen LogP contribution is 2.31. The van der Waals surface area contributed by atoms with Crippen LogP contribution >= 0.6 is 0 Å². The number of hydrogen-bond acceptors (Lipinski definition) is 3. The van der Waals surface area contributed by atoms with Crippen LogP contribution in [0.5, 0.6) is 0 Å². The normalized spacial score (nSPS) is 16.5. The van der Waals surface area contributed by atoms with E-state index in [9.17, 15) is 4.79 Å². The molecule has 0 saturated heterocycles. The smallest absolute Gasteiger partial charge is 0.232 e. The monoisotopic (exact) mass is 335 g/mol. The Kier molecular flexibility index (Phi) is 3.87. The van der Waals surface area contributed by atoms with E-state index < -0.39 is 0 Å². The van der Waals surface area contributed by atoms with Crippen LogP contribution < -0.4 is 5.32 Å². The number of benzene rings is 1. The highest BCUT2D eigenvalue weighted by molar-refractivity contribution is 5.96. The molecular weight excluding hydrogens is 314 g/mol. The van der Waals surface area contributed by atoms with Crippen LogP contribution in [-0.4, -0.2) is 25.7 Å². The lowest BCUT2D eigenvalue weighted by molar-refractivity contribution is -0.117. The molecule has 0 radical (unpaired) electrons. The molecule has 1 aromatic carbocycles. The summed E-state index contributed by atoms with van der Waals surface area (Å²) in [4.78, 5) is 17.0. The molecule has 1 amide bonds. The number of imidazole rings is 1. The average molecular weight is 335 g/mol. The van der Waals surface area contributed by atoms with Gasteiger partial charge in [0.05, 0.1) is 24.1 Å². The summed E-state index contributed by atoms with van der Waals surface area (Å²) >= 11 is 0. The third kappa shape index (κ3) is 2.84. The minimum atomic E-state index is -0.124. The van der Waals surface area contributed by atoms with Crippen LogP contribution in [-0.2, 0) is 11.2 Å². The second-order valence-electron chi connectivity index (χ2n) is 6.57. The van der Waals surface area contributed by atoms with Gasteiger partial charge in [0, 0.05) is 28.3 Å². The van der Waals surface area contributed by atoms with Crippen molar-refractivity contribution < 1.29 is 4.79 Å². The van der Waals surface area contributed by atoms with Crippen molar-refractivity contribution in [3.05, 3.63) is 59.4 Å². The number of aryl methyl sites for hydroxylation is 2. The van der Waals surface area contributed by atoms with Crippen LogP contribution in [0.2, 0.25) is 0 Å². The second kappa shape index (κ2) is 6.20. The molecule has 6 nitrogen and oxygen atoms in total. The predicted octanol–water partition coefficient (Wildman–Crippen LogP) is 3.27. The predicted molar refractivity (Wildman–Crippen MR) is 95.9 cm³/mol. The summed E-state index contributed by atoms with van der Waals surface area (Å²) < 4.78 is 2.04. The number of amides is 1. The first-order chi connectivity index (χ1) is 12.1. The highest BCUT2D eigenvalue weighted by Gasteiger charge is 2.27. The largest absolute Gasteiger partial charge is 0.326 e. The van der Waals surface area contributed by atoms with Gasteiger partial charge in [-0.2, -0.15) is 5.10 Å². The van der Waals surface area contributed by atoms with Crippen molar-refractivity contribution in [1.29, 1.82) is 0 Å². The number of hydrogen-bond donors (Lipinski definition) is 2. The Hall–Kier alpha value is -2.89. The first-order valence-electron chi connectivity index (χ1n) is 8.57. The molecule has 2 N–H and O–H groups in total. The van der Waals surface area contributed by atoms with Gasteiger partial charge in [0.2, 0.25) is 5.91 Å². The molecule has 1 unspecified atom stereocenters. The zero-order valence-electron chi connectivity index (χ0n) is 14.4. The first kappa shape index (κ1) is 15.6. The van der Waals surface area contributed by atoms with E-state index in [0.717, 1.165) is 53.3 Å². The number of rotatable bonds is 3. The lowest BCUT2D eigenvalue weighted by atomic mass is 9.86. The molecule has 6 heteroatoms. The average Bonchev–Trinajstić information content (AvgIpc) is 3.23. The zero-order chi connectivity index (χ0) is 17.4. The van der Waals surface area contributed by atoms with Gasteiger partial charge in [-0.3, -0.25) is 9.89 Å². The van der Waals surface area contributed by atoms with Crippen LogP contribution in [0, 0.1) is 13.8 Å². The van der Waals surface area contributed by atoms with Crippen molar-refractivity contribution in [3.63, 3.8) is 0 Å². The summed E-state index contributed by atoms with van der Waals surface area (Å²) in [5, 5.41) is 10.1. The van der Waals surface area contributed by atoms with E-state index in [2.05, 4.69) is 20.5 Å². The molecule has 0 fully saturated rings. The van der Waals surface area contributed by atoms with Gasteiger partial charge in [0.1, 0.15) is 0 Å². The highest BCUT2D eigenvalue weighted by atomic mass is 16.1. The molecule has 0 saturated carbocycles. The lowest BCUT2D eigenvalue weighted by Gasteiger charge is -2.21. The van der Waals surface area contributed by atoms with Crippen LogP contribution in [0.15, 0.2) is 36.8 Å². The summed E-state index contributed by atoms with van der Waals surface area (Å²) in [5.41, 5.74) is 6.10. The van der Waals surface area contributed by atoms with Crippen molar-refractivity contribution in [1.82, 2.24) is 19.7 Å². The van der Waals surface area contributed by atoms with Crippen LogP contribution in [0.3, 0.4) is 0 Å². The number of carbonyl (C=O) groups is 1. The quantitative estimate of drug-likeness (QED) is 0.771. The fourth-order valence-electron chi connectivity index (χ4n) is 3.43. The van der Waals surface area contributed by atoms with E-state index in [1.165, 1.54) is 0 Å². The van der Waals surface area contributed by atoms with E-state index in [1.54, 1.807) is 6.20 Å². The lowest BCUT2D eigenvalue weighted by Crippen LogP contribution is -2.24. The van der Waals surface area contributed by atoms with E-state index in [0.29, 0.717) is 0 Å². The van der Waals surface area contributed by atoms with Gasteiger partial charge in [0.25, 0.3) is 0 Å². The number of carbonyl (C=O) groups excluding carboxylic acids is 1. The van der Waals surface area contributed by atoms with Crippen molar-refractivity contribution in [2.24, 2.45) is 0 Å². The van der Waals surface area contributed by atoms with E-state index >= 15 is 0 Å². The Bertz CT molecular complexity index is 906. The standard InChI is InChI=1S/C19H21N5O/c1-12-13(2)24(11-20-12)15-8-6-14(7-9-15)22-19(25)16-4-3-5-18-17(16)10-21-23-18/h6-11,16H,3-5H2,1-2H3,(H,21,23)(H,22,25). The van der Waals surface area contributed by atoms with Crippen molar-refractivity contribution in [3.8, 4) is 5.69 Å². The maximum absolute atomic E-state index is 12.7. The number of anilines is 1. The zero-order valence-corrected chi connectivity index (χ0v) is 14.4. The number of aromatic nitrogens is 4. The fraction of sp³-hybridized carbons (Fsp3) is 0.316. The molecule has 2 heterocycles. The summed E-state index contributed by atoms with van der Waals surface area (Å²) in [5.74, 6) is -0.0922. The number of nitrogens with zero attached hydrogens (tertiary/aromatic N) is 3. The van der Waals surface area contributed by atoms with Gasteiger partial charge in [-0.05, 0) is 57.4 Å². The molecule has 1 aliphatic carbocycles. The molecule has 0 aliphatic heterocycles. The fourth-order valence-corrected chi connectivity index (χ4v) is 3.43. The van der Waals surface area contributed by atoms with E-state index in [1.807, 2.05) is 49.0 Å². The summed E-state index contributed by atoms with van der Waals surface area (Å²) in [6.07, 6.45) is 6.44. The SMILES string of the molecule is Cc1ncn(-c2ccc(NC(=O)C3CCCc4[nH]ncc43)cc2)c1C. The third-order valence-corrected chi connectivity index (χ3v) is 5.03. The Morgan fingerprint density at radius 3 is 2.80 bits per heavy atom. The summed E-state index contributed by atoms with van der Waals surface area (Å²) in [6, 6.07) is 7.85. The number of nitrogens with one attached hydrogen (secondary N) is 2. The van der Waals surface area contributed by atoms with Gasteiger partial charge in [-0.1, -0.05) is 0 Å². The molecule has 0 bridgehead atoms.